The molecule has 2 saturated heterocycles. The van der Waals surface area contributed by atoms with Crippen molar-refractivity contribution in [1.82, 2.24) is 0 Å². The molecule has 18 atom stereocenters. The summed E-state index contributed by atoms with van der Waals surface area (Å²) in [5.74, 6) is -2.98. The van der Waals surface area contributed by atoms with E-state index in [2.05, 4.69) is 52.0 Å². The molecule has 26 heteroatoms. The van der Waals surface area contributed by atoms with Crippen LogP contribution in [0.3, 0.4) is 0 Å². The first-order chi connectivity index (χ1) is 56.2. The number of carbonyl (C=O) groups is 4. The fraction of sp³-hybridized carbons (Fsp3) is 0.911. The minimum Gasteiger partial charge on any atom is -0.463 e. The van der Waals surface area contributed by atoms with Gasteiger partial charge >= 0.3 is 31.7 Å². The number of unbranched alkanes of at least 4 members (excludes halogenated alkanes) is 47. The van der Waals surface area contributed by atoms with Crippen LogP contribution in [0, 0.1) is 0 Å². The number of ether oxygens (including phenoxy) is 8. The van der Waals surface area contributed by atoms with Crippen molar-refractivity contribution in [2.75, 3.05) is 26.4 Å². The lowest BCUT2D eigenvalue weighted by Crippen LogP contribution is -2.70. The number of phosphoric acid groups is 1. The monoisotopic (exact) mass is 1680 g/mol. The van der Waals surface area contributed by atoms with Crippen molar-refractivity contribution in [3.63, 3.8) is 0 Å². The average molecular weight is 1680 g/mol. The van der Waals surface area contributed by atoms with Crippen molar-refractivity contribution in [2.45, 2.75) is 498 Å². The minimum absolute atomic E-state index is 0.0157. The van der Waals surface area contributed by atoms with Crippen LogP contribution in [0.15, 0.2) is 24.3 Å². The van der Waals surface area contributed by atoms with Gasteiger partial charge in [0.05, 0.1) is 13.2 Å². The zero-order valence-corrected chi connectivity index (χ0v) is 73.2. The normalized spacial score (nSPS) is 25.2. The molecule has 2 heterocycles. The number of hydrogen-bond donors (Lipinski definition) is 10. The van der Waals surface area contributed by atoms with E-state index in [4.69, 9.17) is 46.9 Å². The second kappa shape index (κ2) is 69.4. The lowest BCUT2D eigenvalue weighted by atomic mass is 9.84. The highest BCUT2D eigenvalue weighted by Gasteiger charge is 2.60. The fourth-order valence-electron chi connectivity index (χ4n) is 15.2. The topological polar surface area (TPSA) is 380 Å². The van der Waals surface area contributed by atoms with Crippen LogP contribution >= 0.6 is 7.82 Å². The van der Waals surface area contributed by atoms with E-state index in [1.807, 2.05) is 0 Å². The maximum absolute atomic E-state index is 14.9. The van der Waals surface area contributed by atoms with E-state index in [1.165, 1.54) is 161 Å². The number of carbonyl (C=O) groups excluding carboxylic acids is 4. The number of phosphoric ester groups is 1. The molecule has 25 nitrogen and oxygen atoms in total. The van der Waals surface area contributed by atoms with Crippen LogP contribution in [0.5, 0.6) is 0 Å². The summed E-state index contributed by atoms with van der Waals surface area (Å²) in [7, 11) is -5.81. The third-order valence-electron chi connectivity index (χ3n) is 22.7. The van der Waals surface area contributed by atoms with Gasteiger partial charge in [0.2, 0.25) is 0 Å². The van der Waals surface area contributed by atoms with E-state index >= 15 is 0 Å². The van der Waals surface area contributed by atoms with E-state index in [1.54, 1.807) is 0 Å². The molecule has 2 aliphatic heterocycles. The van der Waals surface area contributed by atoms with Gasteiger partial charge in [0.1, 0.15) is 92.6 Å². The second-order valence-corrected chi connectivity index (χ2v) is 34.6. The molecule has 0 aromatic heterocycles. The molecule has 3 fully saturated rings. The minimum atomic E-state index is -5.81. The second-order valence-electron chi connectivity index (χ2n) is 33.2. The summed E-state index contributed by atoms with van der Waals surface area (Å²) in [5, 5.41) is 102. The van der Waals surface area contributed by atoms with Crippen LogP contribution in [0.2, 0.25) is 0 Å². The molecule has 3 aliphatic rings. The molecule has 1 aliphatic carbocycles. The van der Waals surface area contributed by atoms with Crippen LogP contribution in [-0.4, -0.2) is 205 Å². The van der Waals surface area contributed by atoms with Crippen LogP contribution < -0.4 is 0 Å². The van der Waals surface area contributed by atoms with Gasteiger partial charge in [0, 0.05) is 25.7 Å². The van der Waals surface area contributed by atoms with E-state index < -0.39 is 162 Å². The molecule has 116 heavy (non-hydrogen) atoms. The van der Waals surface area contributed by atoms with Crippen molar-refractivity contribution < 1.29 is 122 Å². The summed E-state index contributed by atoms with van der Waals surface area (Å²) in [6.07, 6.45) is 29.0. The molecule has 10 N–H and O–H groups in total. The van der Waals surface area contributed by atoms with Crippen molar-refractivity contribution in [3.05, 3.63) is 24.3 Å². The fourth-order valence-corrected chi connectivity index (χ4v) is 16.2. The molecule has 0 aromatic carbocycles. The smallest absolute Gasteiger partial charge is 0.463 e. The van der Waals surface area contributed by atoms with Crippen molar-refractivity contribution >= 4 is 31.7 Å². The zero-order chi connectivity index (χ0) is 84.7. The van der Waals surface area contributed by atoms with Gasteiger partial charge in [-0.25, -0.2) is 4.57 Å². The number of rotatable bonds is 75. The molecule has 3 rings (SSSR count). The Kier molecular flexibility index (Phi) is 64.1. The Morgan fingerprint density at radius 3 is 1.04 bits per heavy atom. The van der Waals surface area contributed by atoms with Gasteiger partial charge in [-0.2, -0.15) is 0 Å². The van der Waals surface area contributed by atoms with Gasteiger partial charge in [-0.15, -0.1) is 0 Å². The van der Waals surface area contributed by atoms with Crippen LogP contribution in [0.1, 0.15) is 394 Å². The average Bonchev–Trinajstić information content (AvgIpc) is 0.754. The maximum Gasteiger partial charge on any atom is 0.472 e. The molecule has 680 valence electrons. The first-order valence-electron chi connectivity index (χ1n) is 46.6. The molecule has 18 unspecified atom stereocenters. The van der Waals surface area contributed by atoms with E-state index in [0.29, 0.717) is 32.1 Å². The highest BCUT2D eigenvalue weighted by Crippen LogP contribution is 2.49. The number of allylic oxidation sites excluding steroid dienone is 4. The zero-order valence-electron chi connectivity index (χ0n) is 72.3. The molecule has 1 saturated carbocycles. The molecular formula is C90H165O25P. The van der Waals surface area contributed by atoms with Gasteiger partial charge < -0.3 is 88.7 Å². The number of aliphatic hydroxyl groups excluding tert-OH is 9. The van der Waals surface area contributed by atoms with Gasteiger partial charge in [0.15, 0.2) is 24.8 Å². The third kappa shape index (κ3) is 49.3. The van der Waals surface area contributed by atoms with Gasteiger partial charge in [0.25, 0.3) is 0 Å². The van der Waals surface area contributed by atoms with E-state index in [9.17, 15) is 74.6 Å². The number of aliphatic hydroxyl groups is 9. The van der Waals surface area contributed by atoms with Crippen molar-refractivity contribution in [1.29, 1.82) is 0 Å². The standard InChI is InChI=1S/C90H165O25P/c1-5-9-13-17-21-25-29-33-35-37-41-45-48-52-56-60-64-75(94)109-70(67-106-73(92)62-58-54-50-46-43-40-36-34-30-26-22-18-14-10-6-2)68-108-116(104,105)115-88-86(113-89-83(102)79(98)77(96)71(66-91)110-89)82(101)81(100)85(112-76(95)65-61-57-53-49-44-39-32-28-24-20-16-12-8-4)87(88)114-90-84(103)80(99)78(97)72(111-90)69-107-74(93)63-59-55-51-47-42-38-31-27-23-19-15-11-7-3/h26,30,39,44,70-72,77-91,96-103H,5-25,27-29,31-38,40-43,45-69H2,1-4H3,(H,104,105)/b30-26-,44-39-. The highest BCUT2D eigenvalue weighted by atomic mass is 31.2. The summed E-state index contributed by atoms with van der Waals surface area (Å²) in [6, 6.07) is 0. The van der Waals surface area contributed by atoms with Crippen molar-refractivity contribution in [2.24, 2.45) is 0 Å². The van der Waals surface area contributed by atoms with Gasteiger partial charge in [-0.3, -0.25) is 28.2 Å². The number of esters is 4. The van der Waals surface area contributed by atoms with Gasteiger partial charge in [-0.1, -0.05) is 315 Å². The molecule has 0 bridgehead atoms. The Bertz CT molecular complexity index is 2510. The Morgan fingerprint density at radius 1 is 0.336 bits per heavy atom. The number of hydrogen-bond acceptors (Lipinski definition) is 24. The van der Waals surface area contributed by atoms with Crippen LogP contribution in [-0.2, 0) is 70.7 Å². The maximum atomic E-state index is 14.9. The molecule has 0 radical (unpaired) electrons. The van der Waals surface area contributed by atoms with Crippen molar-refractivity contribution in [3.8, 4) is 0 Å². The third-order valence-corrected chi connectivity index (χ3v) is 23.7. The summed E-state index contributed by atoms with van der Waals surface area (Å²) in [5.41, 5.74) is 0. The lowest BCUT2D eigenvalue weighted by molar-refractivity contribution is -0.360. The first kappa shape index (κ1) is 107. The Morgan fingerprint density at radius 2 is 0.647 bits per heavy atom. The van der Waals surface area contributed by atoms with E-state index in [0.717, 1.165) is 141 Å². The predicted octanol–water partition coefficient (Wildman–Crippen LogP) is 16.9. The van der Waals surface area contributed by atoms with Crippen LogP contribution in [0.4, 0.5) is 0 Å². The quantitative estimate of drug-likeness (QED) is 0.00889. The predicted molar refractivity (Wildman–Crippen MR) is 449 cm³/mol. The largest absolute Gasteiger partial charge is 0.472 e. The highest BCUT2D eigenvalue weighted by molar-refractivity contribution is 7.47. The summed E-state index contributed by atoms with van der Waals surface area (Å²) < 4.78 is 73.3. The lowest BCUT2D eigenvalue weighted by Gasteiger charge is -2.50. The molecule has 0 aromatic rings. The molecule has 0 amide bonds. The summed E-state index contributed by atoms with van der Waals surface area (Å²) >= 11 is 0. The van der Waals surface area contributed by atoms with Gasteiger partial charge in [-0.05, 0) is 77.0 Å². The molecular weight excluding hydrogens is 1510 g/mol. The summed E-state index contributed by atoms with van der Waals surface area (Å²) in [6.45, 7) is 5.57. The Labute approximate surface area is 698 Å². The van der Waals surface area contributed by atoms with E-state index in [-0.39, 0.29) is 32.1 Å². The first-order valence-corrected chi connectivity index (χ1v) is 48.1. The Balaban J connectivity index is 1.92. The Hall–Kier alpha value is -3.05. The SMILES string of the molecule is CCCCCC/C=C\CCCCCCCCCC(=O)OCC(COP(=O)(O)OC1C(OC2OC(CO)C(O)C(O)C2O)C(O)C(O)C(OC(=O)CCCCC/C=C\CCCCCCCC)C1OC1OC(COC(=O)CCCCCCCCCCCCCCC)C(O)C(O)C1O)OC(=O)CCCCCCCCCCCCCCCCCC. The summed E-state index contributed by atoms with van der Waals surface area (Å²) in [4.78, 5) is 66.4. The molecule has 0 spiro atoms. The van der Waals surface area contributed by atoms with Crippen LogP contribution in [0.25, 0.3) is 0 Å².